The molecule has 2 aliphatic heterocycles. The van der Waals surface area contributed by atoms with E-state index >= 15 is 0 Å². The molecule has 1 unspecified atom stereocenters. The number of aliphatic carboxylic acids is 1. The van der Waals surface area contributed by atoms with Crippen molar-refractivity contribution in [3.63, 3.8) is 0 Å². The van der Waals surface area contributed by atoms with Crippen LogP contribution in [0.3, 0.4) is 0 Å². The van der Waals surface area contributed by atoms with E-state index in [-0.39, 0.29) is 41.8 Å². The highest BCUT2D eigenvalue weighted by atomic mass is 32.2. The number of aldehydes is 1. The third-order valence-electron chi connectivity index (χ3n) is 3.91. The van der Waals surface area contributed by atoms with Crippen LogP contribution in [0.5, 0.6) is 0 Å². The lowest BCUT2D eigenvalue weighted by Crippen LogP contribution is -2.69. The molecule has 5 N–H and O–H groups in total. The Morgan fingerprint density at radius 2 is 2.04 bits per heavy atom. The lowest BCUT2D eigenvalue weighted by Gasteiger charge is -2.49. The molecule has 2 heterocycles. The SMILES string of the molecule is CCCCCNC1C(=O)N2C(C(=O)O)=C(C=O)CS[C@@H]12.OCC(O)CO. The molecule has 0 radical (unpaired) electrons. The number of fused-ring (bicyclic) bond motifs is 1. The smallest absolute Gasteiger partial charge is 0.353 e. The first kappa shape index (κ1) is 22.6. The van der Waals surface area contributed by atoms with Gasteiger partial charge < -0.3 is 25.7 Å². The predicted octanol–water partition coefficient (Wildman–Crippen LogP) is -1.08. The summed E-state index contributed by atoms with van der Waals surface area (Å²) in [7, 11) is 0. The van der Waals surface area contributed by atoms with Gasteiger partial charge in [0.05, 0.1) is 13.2 Å². The summed E-state index contributed by atoms with van der Waals surface area (Å²) >= 11 is 1.43. The Bertz CT molecular complexity index is 537. The number of carboxylic acid groups (broad SMARTS) is 1. The Kier molecular flexibility index (Phi) is 9.81. The highest BCUT2D eigenvalue weighted by molar-refractivity contribution is 8.00. The van der Waals surface area contributed by atoms with Gasteiger partial charge in [-0.05, 0) is 13.0 Å². The summed E-state index contributed by atoms with van der Waals surface area (Å²) in [5.41, 5.74) is 0.0249. The highest BCUT2D eigenvalue weighted by Gasteiger charge is 2.53. The first-order valence-electron chi connectivity index (χ1n) is 8.42. The van der Waals surface area contributed by atoms with Crippen LogP contribution < -0.4 is 5.32 Å². The van der Waals surface area contributed by atoms with Crippen LogP contribution in [-0.2, 0) is 14.4 Å². The largest absolute Gasteiger partial charge is 0.477 e. The van der Waals surface area contributed by atoms with Crippen molar-refractivity contribution in [2.24, 2.45) is 0 Å². The van der Waals surface area contributed by atoms with E-state index in [1.54, 1.807) is 0 Å². The number of hydrogen-bond acceptors (Lipinski definition) is 8. The quantitative estimate of drug-likeness (QED) is 0.188. The molecule has 0 saturated carbocycles. The molecule has 2 aliphatic rings. The van der Waals surface area contributed by atoms with Gasteiger partial charge in [-0.1, -0.05) is 19.8 Å². The fraction of sp³-hybridized carbons (Fsp3) is 0.688. The zero-order chi connectivity index (χ0) is 19.7. The summed E-state index contributed by atoms with van der Waals surface area (Å²) in [6, 6.07) is -0.334. The van der Waals surface area contributed by atoms with Crippen LogP contribution in [0.2, 0.25) is 0 Å². The number of carbonyl (C=O) groups is 3. The number of carboxylic acids is 1. The van der Waals surface area contributed by atoms with Gasteiger partial charge in [-0.25, -0.2) is 4.79 Å². The van der Waals surface area contributed by atoms with Crippen LogP contribution in [0.1, 0.15) is 26.2 Å². The minimum Gasteiger partial charge on any atom is -0.477 e. The lowest BCUT2D eigenvalue weighted by atomic mass is 10.0. The van der Waals surface area contributed by atoms with Crippen molar-refractivity contribution < 1.29 is 34.8 Å². The van der Waals surface area contributed by atoms with Gasteiger partial charge in [-0.15, -0.1) is 11.8 Å². The number of aliphatic hydroxyl groups is 3. The summed E-state index contributed by atoms with van der Waals surface area (Å²) in [6.07, 6.45) is 2.79. The van der Waals surface area contributed by atoms with Gasteiger partial charge in [-0.3, -0.25) is 14.5 Å². The number of nitrogens with one attached hydrogen (secondary N) is 1. The van der Waals surface area contributed by atoms with Crippen LogP contribution in [0.15, 0.2) is 11.3 Å². The number of nitrogens with zero attached hydrogens (tertiary/aromatic N) is 1. The maximum absolute atomic E-state index is 12.1. The number of aliphatic hydroxyl groups excluding tert-OH is 3. The molecule has 0 aromatic heterocycles. The number of amides is 1. The van der Waals surface area contributed by atoms with Crippen molar-refractivity contribution in [3.8, 4) is 0 Å². The van der Waals surface area contributed by atoms with Crippen LogP contribution in [-0.4, -0.2) is 86.5 Å². The minimum atomic E-state index is -1.21. The van der Waals surface area contributed by atoms with E-state index in [1.807, 2.05) is 0 Å². The van der Waals surface area contributed by atoms with E-state index in [4.69, 9.17) is 15.3 Å². The number of hydrogen-bond donors (Lipinski definition) is 5. The van der Waals surface area contributed by atoms with Gasteiger partial charge >= 0.3 is 5.97 Å². The molecule has 26 heavy (non-hydrogen) atoms. The molecule has 1 saturated heterocycles. The fourth-order valence-corrected chi connectivity index (χ4v) is 3.80. The lowest BCUT2D eigenvalue weighted by molar-refractivity contribution is -0.149. The molecule has 2 atom stereocenters. The van der Waals surface area contributed by atoms with Gasteiger partial charge in [0.15, 0.2) is 0 Å². The first-order chi connectivity index (χ1) is 12.4. The third kappa shape index (κ3) is 5.52. The number of unbranched alkanes of at least 4 members (excludes halogenated alkanes) is 2. The Hall–Kier alpha value is -1.46. The Labute approximate surface area is 156 Å². The minimum absolute atomic E-state index is 0.152. The van der Waals surface area contributed by atoms with Crippen LogP contribution in [0, 0.1) is 0 Å². The monoisotopic (exact) mass is 390 g/mol. The van der Waals surface area contributed by atoms with Crippen molar-refractivity contribution in [1.29, 1.82) is 0 Å². The van der Waals surface area contributed by atoms with Crippen LogP contribution in [0.4, 0.5) is 0 Å². The van der Waals surface area contributed by atoms with E-state index in [0.29, 0.717) is 12.0 Å². The Morgan fingerprint density at radius 3 is 2.50 bits per heavy atom. The van der Waals surface area contributed by atoms with Crippen LogP contribution >= 0.6 is 11.8 Å². The summed E-state index contributed by atoms with van der Waals surface area (Å²) in [4.78, 5) is 35.4. The zero-order valence-corrected chi connectivity index (χ0v) is 15.4. The van der Waals surface area contributed by atoms with E-state index in [2.05, 4.69) is 12.2 Å². The van der Waals surface area contributed by atoms with Gasteiger partial charge in [0, 0.05) is 11.3 Å². The second-order valence-electron chi connectivity index (χ2n) is 5.86. The summed E-state index contributed by atoms with van der Waals surface area (Å²) in [5.74, 6) is -1.13. The maximum Gasteiger partial charge on any atom is 0.353 e. The highest BCUT2D eigenvalue weighted by Crippen LogP contribution is 2.39. The normalized spacial score (nSPS) is 21.7. The van der Waals surface area contributed by atoms with E-state index in [1.165, 1.54) is 16.7 Å². The molecular formula is C16H26N2O7S. The molecule has 1 amide bonds. The molecule has 0 aliphatic carbocycles. The standard InChI is InChI=1S/C13H18N2O4S.C3H8O3/c1-2-3-4-5-14-9-11(17)15-10(13(18)19)8(6-16)7-20-12(9)15;4-1-3(6)2-5/h6,9,12,14H,2-5,7H2,1H3,(H,18,19);3-6H,1-2H2/t9?,12-;/m0./s1. The molecule has 10 heteroatoms. The van der Waals surface area contributed by atoms with Gasteiger partial charge in [0.2, 0.25) is 5.91 Å². The first-order valence-corrected chi connectivity index (χ1v) is 9.47. The van der Waals surface area contributed by atoms with Gasteiger partial charge in [0.25, 0.3) is 0 Å². The van der Waals surface area contributed by atoms with Crippen molar-refractivity contribution in [3.05, 3.63) is 11.3 Å². The average Bonchev–Trinajstić information content (AvgIpc) is 2.66. The summed E-state index contributed by atoms with van der Waals surface area (Å²) in [5, 5.41) is 36.2. The molecule has 1 fully saturated rings. The fourth-order valence-electron chi connectivity index (χ4n) is 2.48. The molecule has 0 spiro atoms. The number of thioether (sulfide) groups is 1. The number of rotatable bonds is 9. The number of β-lactam (4-membered cyclic amide) rings is 1. The molecule has 148 valence electrons. The van der Waals surface area contributed by atoms with Gasteiger partial charge in [0.1, 0.15) is 29.5 Å². The molecular weight excluding hydrogens is 364 g/mol. The molecule has 9 nitrogen and oxygen atoms in total. The second-order valence-corrected chi connectivity index (χ2v) is 6.97. The third-order valence-corrected chi connectivity index (χ3v) is 5.21. The second kappa shape index (κ2) is 11.3. The molecule has 2 rings (SSSR count). The van der Waals surface area contributed by atoms with Crippen LogP contribution in [0.25, 0.3) is 0 Å². The average molecular weight is 390 g/mol. The molecule has 0 aromatic rings. The predicted molar refractivity (Wildman–Crippen MR) is 95.3 cm³/mol. The maximum atomic E-state index is 12.1. The number of carbonyl (C=O) groups excluding carboxylic acids is 2. The van der Waals surface area contributed by atoms with Crippen molar-refractivity contribution in [1.82, 2.24) is 10.2 Å². The molecule has 0 aromatic carbocycles. The van der Waals surface area contributed by atoms with E-state index in [0.717, 1.165) is 25.8 Å². The van der Waals surface area contributed by atoms with E-state index < -0.39 is 12.1 Å². The summed E-state index contributed by atoms with van der Waals surface area (Å²) in [6.45, 7) is 2.13. The van der Waals surface area contributed by atoms with Crippen molar-refractivity contribution >= 4 is 29.9 Å². The Morgan fingerprint density at radius 1 is 1.38 bits per heavy atom. The van der Waals surface area contributed by atoms with E-state index in [9.17, 15) is 19.5 Å². The summed E-state index contributed by atoms with van der Waals surface area (Å²) < 4.78 is 0. The van der Waals surface area contributed by atoms with Crippen molar-refractivity contribution in [2.45, 2.75) is 43.7 Å². The Balaban J connectivity index is 0.000000487. The van der Waals surface area contributed by atoms with Crippen molar-refractivity contribution in [2.75, 3.05) is 25.5 Å². The zero-order valence-electron chi connectivity index (χ0n) is 14.6. The molecule has 0 bridgehead atoms. The van der Waals surface area contributed by atoms with Gasteiger partial charge in [-0.2, -0.15) is 0 Å². The topological polar surface area (TPSA) is 147 Å².